The molecular weight excluding hydrogens is 553 g/mol. The van der Waals surface area contributed by atoms with E-state index in [1.54, 1.807) is 12.1 Å². The molecule has 11 heteroatoms. The van der Waals surface area contributed by atoms with Crippen LogP contribution in [0.2, 0.25) is 0 Å². The molecule has 1 fully saturated rings. The summed E-state index contributed by atoms with van der Waals surface area (Å²) in [7, 11) is -3.39. The largest absolute Gasteiger partial charge is 0.490 e. The molecule has 2 aliphatic heterocycles. The van der Waals surface area contributed by atoms with Gasteiger partial charge in [-0.1, -0.05) is 18.2 Å². The average Bonchev–Trinajstić information content (AvgIpc) is 3.65. The van der Waals surface area contributed by atoms with Gasteiger partial charge in [-0.15, -0.1) is 12.4 Å². The van der Waals surface area contributed by atoms with Gasteiger partial charge in [0.05, 0.1) is 23.1 Å². The molecule has 0 spiro atoms. The van der Waals surface area contributed by atoms with E-state index in [-0.39, 0.29) is 17.7 Å². The summed E-state index contributed by atoms with van der Waals surface area (Å²) >= 11 is 0. The number of rotatable bonds is 9. The number of fused-ring (bicyclic) bond motifs is 1. The minimum absolute atomic E-state index is 0. The van der Waals surface area contributed by atoms with Gasteiger partial charge in [-0.3, -0.25) is 9.62 Å². The van der Waals surface area contributed by atoms with Crippen LogP contribution in [-0.4, -0.2) is 50.4 Å². The zero-order valence-electron chi connectivity index (χ0n) is 22.0. The van der Waals surface area contributed by atoms with Crippen molar-refractivity contribution in [3.63, 3.8) is 0 Å². The Morgan fingerprint density at radius 1 is 1.18 bits per heavy atom. The predicted molar refractivity (Wildman–Crippen MR) is 148 cm³/mol. The maximum atomic E-state index is 13.1. The molecule has 0 atom stereocenters. The molecule has 1 saturated carbocycles. The maximum absolute atomic E-state index is 13.1. The normalized spacial score (nSPS) is 18.9. The Morgan fingerprint density at radius 2 is 1.95 bits per heavy atom. The van der Waals surface area contributed by atoms with Crippen LogP contribution >= 0.6 is 12.4 Å². The number of nitrogens with zero attached hydrogens (tertiary/aromatic N) is 1. The fourth-order valence-corrected chi connectivity index (χ4v) is 6.38. The van der Waals surface area contributed by atoms with Gasteiger partial charge in [-0.2, -0.15) is 13.2 Å². The number of ether oxygens (including phenoxy) is 2. The van der Waals surface area contributed by atoms with Crippen LogP contribution in [0.1, 0.15) is 56.2 Å². The van der Waals surface area contributed by atoms with Gasteiger partial charge in [0.2, 0.25) is 10.0 Å². The zero-order valence-corrected chi connectivity index (χ0v) is 23.6. The highest BCUT2D eigenvalue weighted by molar-refractivity contribution is 7.93. The lowest BCUT2D eigenvalue weighted by atomic mass is 9.97. The van der Waals surface area contributed by atoms with Crippen molar-refractivity contribution in [1.82, 2.24) is 4.90 Å². The van der Waals surface area contributed by atoms with Crippen molar-refractivity contribution < 1.29 is 31.1 Å². The molecule has 0 amide bonds. The van der Waals surface area contributed by atoms with Crippen LogP contribution in [0.5, 0.6) is 11.5 Å². The lowest BCUT2D eigenvalue weighted by Gasteiger charge is -2.26. The fourth-order valence-electron chi connectivity index (χ4n) is 5.01. The third-order valence-corrected chi connectivity index (χ3v) is 8.95. The highest BCUT2D eigenvalue weighted by Gasteiger charge is 2.37. The highest BCUT2D eigenvalue weighted by atomic mass is 35.5. The Bertz CT molecular complexity index is 1340. The van der Waals surface area contributed by atoms with Crippen molar-refractivity contribution in [2.24, 2.45) is 0 Å². The van der Waals surface area contributed by atoms with E-state index in [0.717, 1.165) is 36.7 Å². The summed E-state index contributed by atoms with van der Waals surface area (Å²) < 4.78 is 79.0. The van der Waals surface area contributed by atoms with Crippen molar-refractivity contribution in [1.29, 1.82) is 0 Å². The number of benzene rings is 2. The van der Waals surface area contributed by atoms with E-state index < -0.39 is 27.4 Å². The lowest BCUT2D eigenvalue weighted by molar-refractivity contribution is -0.137. The number of anilines is 1. The van der Waals surface area contributed by atoms with E-state index in [2.05, 4.69) is 9.62 Å². The van der Waals surface area contributed by atoms with E-state index in [4.69, 9.17) is 9.47 Å². The molecule has 1 aliphatic carbocycles. The van der Waals surface area contributed by atoms with E-state index in [1.807, 2.05) is 26.0 Å². The van der Waals surface area contributed by atoms with Crippen molar-refractivity contribution in [3.05, 3.63) is 59.2 Å². The minimum atomic E-state index is -4.35. The smallest absolute Gasteiger partial charge is 0.416 e. The second-order valence-corrected chi connectivity index (χ2v) is 12.9. The quantitative estimate of drug-likeness (QED) is 0.349. The maximum Gasteiger partial charge on any atom is 0.416 e. The van der Waals surface area contributed by atoms with Gasteiger partial charge >= 0.3 is 6.18 Å². The number of alkyl halides is 3. The van der Waals surface area contributed by atoms with E-state index in [1.165, 1.54) is 12.1 Å². The molecule has 39 heavy (non-hydrogen) atoms. The molecule has 5 rings (SSSR count). The van der Waals surface area contributed by atoms with Crippen LogP contribution < -0.4 is 14.2 Å². The van der Waals surface area contributed by atoms with Gasteiger partial charge in [0.25, 0.3) is 0 Å². The lowest BCUT2D eigenvalue weighted by Crippen LogP contribution is -2.30. The predicted octanol–water partition coefficient (Wildman–Crippen LogP) is 6.30. The van der Waals surface area contributed by atoms with E-state index in [0.29, 0.717) is 61.6 Å². The second kappa shape index (κ2) is 11.2. The molecule has 0 radical (unpaired) electrons. The van der Waals surface area contributed by atoms with Crippen molar-refractivity contribution in [2.75, 3.05) is 31.0 Å². The Balaban J connectivity index is 0.00000353. The van der Waals surface area contributed by atoms with Crippen LogP contribution in [0.4, 0.5) is 18.9 Å². The van der Waals surface area contributed by atoms with Crippen molar-refractivity contribution in [3.8, 4) is 11.5 Å². The minimum Gasteiger partial charge on any atom is -0.490 e. The van der Waals surface area contributed by atoms with Crippen LogP contribution in [0.3, 0.4) is 0 Å². The number of hydrogen-bond donors (Lipinski definition) is 1. The van der Waals surface area contributed by atoms with Crippen LogP contribution in [0, 0.1) is 0 Å². The summed E-state index contributed by atoms with van der Waals surface area (Å²) in [5, 5.41) is -0.319. The topological polar surface area (TPSA) is 67.9 Å². The van der Waals surface area contributed by atoms with Gasteiger partial charge in [0.1, 0.15) is 5.60 Å². The first-order valence-corrected chi connectivity index (χ1v) is 14.5. The Hall–Kier alpha value is -2.43. The van der Waals surface area contributed by atoms with E-state index >= 15 is 0 Å². The molecule has 3 aliphatic rings. The zero-order chi connectivity index (χ0) is 27.1. The Kier molecular flexibility index (Phi) is 8.50. The number of halogens is 4. The van der Waals surface area contributed by atoms with Crippen molar-refractivity contribution >= 4 is 33.7 Å². The first-order chi connectivity index (χ1) is 17.9. The molecule has 6 nitrogen and oxygen atoms in total. The molecule has 214 valence electrons. The Labute approximate surface area is 234 Å². The highest BCUT2D eigenvalue weighted by Crippen LogP contribution is 2.44. The third-order valence-electron chi connectivity index (χ3n) is 7.08. The SMILES string of the molecule is CC1(C)Cc2cc(NS(=O)(=O)C3CC3)cc(OCCCN3CC=C(c4cccc(C(F)(F)F)c4)CC3)c2O1.Cl. The van der Waals surface area contributed by atoms with Gasteiger partial charge in [0, 0.05) is 37.7 Å². The Morgan fingerprint density at radius 3 is 2.62 bits per heavy atom. The standard InChI is InChI=1S/C28H33F3N2O4S.ClH/c1-27(2)18-21-16-23(32-38(34,35)24-7-8-24)17-25(26(21)37-27)36-14-4-11-33-12-9-19(10-13-33)20-5-3-6-22(15-20)28(29,30)31;/h3,5-6,9,15-17,24,32H,4,7-8,10-14,18H2,1-2H3;1H. The summed E-state index contributed by atoms with van der Waals surface area (Å²) in [5.41, 5.74) is 1.95. The molecule has 2 aromatic carbocycles. The van der Waals surface area contributed by atoms with Gasteiger partial charge in [0.15, 0.2) is 11.5 Å². The van der Waals surface area contributed by atoms with Gasteiger partial charge in [-0.25, -0.2) is 8.42 Å². The fraction of sp³-hybridized carbons (Fsp3) is 0.500. The van der Waals surface area contributed by atoms with Crippen LogP contribution in [0.15, 0.2) is 42.5 Å². The summed E-state index contributed by atoms with van der Waals surface area (Å²) in [4.78, 5) is 2.24. The molecule has 2 aromatic rings. The monoisotopic (exact) mass is 586 g/mol. The van der Waals surface area contributed by atoms with Gasteiger partial charge < -0.3 is 9.47 Å². The first-order valence-electron chi connectivity index (χ1n) is 13.0. The third kappa shape index (κ3) is 7.21. The summed E-state index contributed by atoms with van der Waals surface area (Å²) in [6.07, 6.45) is 1.11. The van der Waals surface area contributed by atoms with E-state index in [9.17, 15) is 21.6 Å². The summed E-state index contributed by atoms with van der Waals surface area (Å²) in [6.45, 7) is 6.60. The van der Waals surface area contributed by atoms with Crippen molar-refractivity contribution in [2.45, 2.75) is 63.0 Å². The molecule has 2 heterocycles. The molecule has 0 bridgehead atoms. The molecule has 1 N–H and O–H groups in total. The number of hydrogen-bond acceptors (Lipinski definition) is 5. The summed E-state index contributed by atoms with van der Waals surface area (Å²) in [5.74, 6) is 1.20. The number of sulfonamides is 1. The summed E-state index contributed by atoms with van der Waals surface area (Å²) in [6, 6.07) is 9.03. The second-order valence-electron chi connectivity index (χ2n) is 10.9. The van der Waals surface area contributed by atoms with Crippen LogP contribution in [-0.2, 0) is 22.6 Å². The first kappa shape index (κ1) is 29.6. The number of nitrogens with one attached hydrogen (secondary N) is 1. The molecular formula is C28H34ClF3N2O4S. The van der Waals surface area contributed by atoms with Gasteiger partial charge in [-0.05, 0) is 68.9 Å². The molecule has 0 aromatic heterocycles. The molecule has 0 unspecified atom stereocenters. The molecule has 0 saturated heterocycles. The van der Waals surface area contributed by atoms with Crippen LogP contribution in [0.25, 0.3) is 5.57 Å². The average molecular weight is 587 g/mol.